The molecule has 4 aliphatic carbocycles. The Morgan fingerprint density at radius 1 is 1.00 bits per heavy atom. The smallest absolute Gasteiger partial charge is 0.0622 e. The molecule has 156 valence electrons. The van der Waals surface area contributed by atoms with E-state index in [0.29, 0.717) is 17.3 Å². The molecule has 0 radical (unpaired) electrons. The molecule has 4 rings (SSSR count). The van der Waals surface area contributed by atoms with Crippen molar-refractivity contribution in [2.45, 2.75) is 97.2 Å². The van der Waals surface area contributed by atoms with Gasteiger partial charge in [-0.05, 0) is 119 Å². The quantitative estimate of drug-likeness (QED) is 0.739. The van der Waals surface area contributed by atoms with Gasteiger partial charge in [0.25, 0.3) is 0 Å². The summed E-state index contributed by atoms with van der Waals surface area (Å²) in [7, 11) is 0. The highest BCUT2D eigenvalue weighted by Crippen LogP contribution is 2.68. The number of rotatable bonds is 4. The molecular formula is C24H42O3. The van der Waals surface area contributed by atoms with Crippen LogP contribution in [-0.2, 0) is 4.74 Å². The lowest BCUT2D eigenvalue weighted by Crippen LogP contribution is -2.58. The second kappa shape index (κ2) is 6.99. The molecule has 2 N–H and O–H groups in total. The van der Waals surface area contributed by atoms with Gasteiger partial charge in [-0.25, -0.2) is 0 Å². The molecular weight excluding hydrogens is 336 g/mol. The zero-order valence-electron chi connectivity index (χ0n) is 18.0. The fraction of sp³-hybridized carbons (Fsp3) is 1.00. The number of aliphatic hydroxyl groups is 2. The van der Waals surface area contributed by atoms with Crippen molar-refractivity contribution < 1.29 is 14.9 Å². The van der Waals surface area contributed by atoms with E-state index in [4.69, 9.17) is 4.74 Å². The molecule has 4 fully saturated rings. The third kappa shape index (κ3) is 3.11. The second-order valence-corrected chi connectivity index (χ2v) is 11.2. The molecule has 27 heavy (non-hydrogen) atoms. The van der Waals surface area contributed by atoms with E-state index >= 15 is 0 Å². The van der Waals surface area contributed by atoms with Gasteiger partial charge in [0, 0.05) is 6.61 Å². The topological polar surface area (TPSA) is 49.7 Å². The van der Waals surface area contributed by atoms with Crippen LogP contribution in [0.1, 0.15) is 85.5 Å². The van der Waals surface area contributed by atoms with Gasteiger partial charge in [0.15, 0.2) is 0 Å². The van der Waals surface area contributed by atoms with Gasteiger partial charge >= 0.3 is 0 Å². The van der Waals surface area contributed by atoms with Gasteiger partial charge in [0.05, 0.1) is 18.3 Å². The van der Waals surface area contributed by atoms with Crippen LogP contribution in [-0.4, -0.2) is 35.1 Å². The molecule has 9 atom stereocenters. The summed E-state index contributed by atoms with van der Waals surface area (Å²) in [5.74, 6) is 3.43. The van der Waals surface area contributed by atoms with Gasteiger partial charge in [-0.2, -0.15) is 0 Å². The summed E-state index contributed by atoms with van der Waals surface area (Å²) in [5.41, 5.74) is 0.127. The van der Waals surface area contributed by atoms with Crippen molar-refractivity contribution in [2.24, 2.45) is 40.4 Å². The number of fused-ring (bicyclic) bond motifs is 5. The first-order valence-electron chi connectivity index (χ1n) is 11.7. The molecule has 0 aromatic rings. The standard InChI is InChI=1S/C24H42O3/c1-5-27-15-24-13-12-22(3,26)14-17(24)6-7-18-20-9-8-19(16(2)25)23(20,4)11-10-21(18)24/h16-21,25-26H,5-15H2,1-4H3/t16?,17-,18+,19-,20+,21+,22?,23-,24-/m1/s1. The minimum atomic E-state index is -0.485. The van der Waals surface area contributed by atoms with Crippen molar-refractivity contribution >= 4 is 0 Å². The molecule has 4 aliphatic rings. The number of aliphatic hydroxyl groups excluding tert-OH is 1. The highest BCUT2D eigenvalue weighted by Gasteiger charge is 2.62. The van der Waals surface area contributed by atoms with Gasteiger partial charge in [0.2, 0.25) is 0 Å². The van der Waals surface area contributed by atoms with Crippen molar-refractivity contribution in [2.75, 3.05) is 13.2 Å². The van der Waals surface area contributed by atoms with Crippen LogP contribution in [0.5, 0.6) is 0 Å². The first-order chi connectivity index (χ1) is 12.7. The number of ether oxygens (including phenoxy) is 1. The van der Waals surface area contributed by atoms with Crippen LogP contribution < -0.4 is 0 Å². The molecule has 2 unspecified atom stereocenters. The van der Waals surface area contributed by atoms with Gasteiger partial charge < -0.3 is 14.9 Å². The summed E-state index contributed by atoms with van der Waals surface area (Å²) in [6, 6.07) is 0. The molecule has 0 spiro atoms. The average molecular weight is 379 g/mol. The minimum absolute atomic E-state index is 0.171. The Balaban J connectivity index is 1.63. The maximum atomic E-state index is 10.8. The van der Waals surface area contributed by atoms with Crippen molar-refractivity contribution in [3.8, 4) is 0 Å². The molecule has 3 heteroatoms. The Morgan fingerprint density at radius 3 is 2.48 bits per heavy atom. The fourth-order valence-corrected chi connectivity index (χ4v) is 8.64. The van der Waals surface area contributed by atoms with Crippen LogP contribution in [0.2, 0.25) is 0 Å². The predicted octanol–water partition coefficient (Wildman–Crippen LogP) is 4.79. The summed E-state index contributed by atoms with van der Waals surface area (Å²) in [5, 5.41) is 21.2. The van der Waals surface area contributed by atoms with Gasteiger partial charge in [0.1, 0.15) is 0 Å². The van der Waals surface area contributed by atoms with Crippen LogP contribution in [0, 0.1) is 40.4 Å². The van der Waals surface area contributed by atoms with E-state index in [0.717, 1.165) is 50.2 Å². The lowest BCUT2D eigenvalue weighted by molar-refractivity contribution is -0.179. The number of hydrogen-bond donors (Lipinski definition) is 2. The van der Waals surface area contributed by atoms with Crippen LogP contribution in [0.3, 0.4) is 0 Å². The molecule has 0 heterocycles. The molecule has 3 nitrogen and oxygen atoms in total. The Morgan fingerprint density at radius 2 is 1.78 bits per heavy atom. The molecule has 0 aromatic heterocycles. The van der Waals surface area contributed by atoms with Crippen LogP contribution in [0.4, 0.5) is 0 Å². The Bertz CT molecular complexity index is 544. The lowest BCUT2D eigenvalue weighted by Gasteiger charge is -2.62. The van der Waals surface area contributed by atoms with E-state index < -0.39 is 5.60 Å². The second-order valence-electron chi connectivity index (χ2n) is 11.2. The van der Waals surface area contributed by atoms with Crippen LogP contribution >= 0.6 is 0 Å². The summed E-state index contributed by atoms with van der Waals surface area (Å²) in [6.07, 6.45) is 10.5. The van der Waals surface area contributed by atoms with Crippen LogP contribution in [0.25, 0.3) is 0 Å². The maximum Gasteiger partial charge on any atom is 0.0622 e. The third-order valence-electron chi connectivity index (χ3n) is 9.88. The Hall–Kier alpha value is -0.120. The zero-order chi connectivity index (χ0) is 19.4. The molecule has 4 saturated carbocycles. The predicted molar refractivity (Wildman–Crippen MR) is 108 cm³/mol. The molecule has 0 saturated heterocycles. The highest BCUT2D eigenvalue weighted by atomic mass is 16.5. The van der Waals surface area contributed by atoms with E-state index in [1.54, 1.807) is 0 Å². The zero-order valence-corrected chi connectivity index (χ0v) is 18.0. The highest BCUT2D eigenvalue weighted by molar-refractivity contribution is 5.11. The van der Waals surface area contributed by atoms with E-state index in [1.807, 2.05) is 13.8 Å². The van der Waals surface area contributed by atoms with E-state index in [9.17, 15) is 10.2 Å². The minimum Gasteiger partial charge on any atom is -0.393 e. The summed E-state index contributed by atoms with van der Waals surface area (Å²) in [6.45, 7) is 10.4. The SMILES string of the molecule is CCOC[C@]12CCC(C)(O)C[C@H]1CC[C@H]1[C@@H]3CC[C@H](C(C)O)[C@@]3(C)CC[C@@H]12. The van der Waals surface area contributed by atoms with Crippen molar-refractivity contribution in [3.05, 3.63) is 0 Å². The van der Waals surface area contributed by atoms with Gasteiger partial charge in [-0.3, -0.25) is 0 Å². The van der Waals surface area contributed by atoms with Gasteiger partial charge in [-0.15, -0.1) is 0 Å². The lowest BCUT2D eigenvalue weighted by atomic mass is 9.43. The van der Waals surface area contributed by atoms with E-state index in [1.165, 1.54) is 38.5 Å². The van der Waals surface area contributed by atoms with Crippen molar-refractivity contribution in [1.29, 1.82) is 0 Å². The molecule has 0 amide bonds. The number of hydrogen-bond acceptors (Lipinski definition) is 3. The Kier molecular flexibility index (Phi) is 5.22. The molecule has 0 aromatic carbocycles. The molecule has 0 aliphatic heterocycles. The maximum absolute atomic E-state index is 10.8. The summed E-state index contributed by atoms with van der Waals surface area (Å²) in [4.78, 5) is 0. The average Bonchev–Trinajstić information content (AvgIpc) is 2.97. The van der Waals surface area contributed by atoms with Crippen molar-refractivity contribution in [3.63, 3.8) is 0 Å². The first kappa shape index (κ1) is 20.2. The summed E-state index contributed by atoms with van der Waals surface area (Å²) < 4.78 is 6.12. The third-order valence-corrected chi connectivity index (χ3v) is 9.88. The molecule has 0 bridgehead atoms. The largest absolute Gasteiger partial charge is 0.393 e. The summed E-state index contributed by atoms with van der Waals surface area (Å²) >= 11 is 0. The van der Waals surface area contributed by atoms with E-state index in [2.05, 4.69) is 13.8 Å². The van der Waals surface area contributed by atoms with Gasteiger partial charge in [-0.1, -0.05) is 6.92 Å². The normalized spacial score (nSPS) is 53.3. The van der Waals surface area contributed by atoms with Crippen LogP contribution in [0.15, 0.2) is 0 Å². The monoisotopic (exact) mass is 378 g/mol. The Labute approximate surface area is 166 Å². The van der Waals surface area contributed by atoms with Crippen molar-refractivity contribution in [1.82, 2.24) is 0 Å². The van der Waals surface area contributed by atoms with E-state index in [-0.39, 0.29) is 11.5 Å². The fourth-order valence-electron chi connectivity index (χ4n) is 8.64. The first-order valence-corrected chi connectivity index (χ1v) is 11.7.